The minimum atomic E-state index is -0.492. The normalized spacial score (nSPS) is 12.0. The standard InChI is InChI=1S/C17H18O6/c1-9(21-11(3)18)7-15-10(2)14-6-5-13(22-12(4)19)8-16(14)23-17(15)20/h5-6,8-9H,7H2,1-4H3/t9-/m1/s1. The van der Waals surface area contributed by atoms with Gasteiger partial charge in [0.25, 0.3) is 0 Å². The van der Waals surface area contributed by atoms with Crippen molar-refractivity contribution >= 4 is 22.9 Å². The molecule has 0 amide bonds. The lowest BCUT2D eigenvalue weighted by molar-refractivity contribution is -0.145. The highest BCUT2D eigenvalue weighted by atomic mass is 16.5. The first kappa shape index (κ1) is 16.7. The average Bonchev–Trinajstić information content (AvgIpc) is 2.41. The summed E-state index contributed by atoms with van der Waals surface area (Å²) in [4.78, 5) is 34.2. The molecule has 1 aromatic heterocycles. The molecule has 122 valence electrons. The summed E-state index contributed by atoms with van der Waals surface area (Å²) in [5.74, 6) is -0.532. The summed E-state index contributed by atoms with van der Waals surface area (Å²) in [6, 6.07) is 4.87. The number of rotatable bonds is 4. The topological polar surface area (TPSA) is 82.8 Å². The van der Waals surface area contributed by atoms with Gasteiger partial charge in [-0.25, -0.2) is 4.79 Å². The fraction of sp³-hybridized carbons (Fsp3) is 0.353. The van der Waals surface area contributed by atoms with Crippen molar-refractivity contribution in [2.45, 2.75) is 40.2 Å². The van der Waals surface area contributed by atoms with Crippen molar-refractivity contribution in [1.82, 2.24) is 0 Å². The SMILES string of the molecule is CC(=O)Oc1ccc2c(C)c(C[C@@H](C)OC(C)=O)c(=O)oc2c1. The maximum atomic E-state index is 12.2. The van der Waals surface area contributed by atoms with Crippen LogP contribution in [-0.2, 0) is 20.7 Å². The fourth-order valence-electron chi connectivity index (χ4n) is 2.45. The van der Waals surface area contributed by atoms with E-state index in [0.29, 0.717) is 16.9 Å². The van der Waals surface area contributed by atoms with Crippen LogP contribution in [0.2, 0.25) is 0 Å². The third-order valence-electron chi connectivity index (χ3n) is 3.38. The molecule has 0 aliphatic heterocycles. The maximum absolute atomic E-state index is 12.2. The van der Waals surface area contributed by atoms with Crippen molar-refractivity contribution in [3.63, 3.8) is 0 Å². The first-order valence-electron chi connectivity index (χ1n) is 7.20. The van der Waals surface area contributed by atoms with E-state index in [9.17, 15) is 14.4 Å². The Balaban J connectivity index is 2.43. The zero-order valence-corrected chi connectivity index (χ0v) is 13.5. The predicted molar refractivity (Wildman–Crippen MR) is 83.5 cm³/mol. The number of aryl methyl sites for hydroxylation is 1. The van der Waals surface area contributed by atoms with Gasteiger partial charge in [-0.05, 0) is 31.5 Å². The van der Waals surface area contributed by atoms with E-state index in [-0.39, 0.29) is 6.42 Å². The summed E-state index contributed by atoms with van der Waals surface area (Å²) in [6.07, 6.45) is -0.151. The minimum Gasteiger partial charge on any atom is -0.463 e. The number of ether oxygens (including phenoxy) is 2. The number of carbonyl (C=O) groups is 2. The van der Waals surface area contributed by atoms with Crippen LogP contribution in [0.15, 0.2) is 27.4 Å². The van der Waals surface area contributed by atoms with E-state index in [1.54, 1.807) is 26.0 Å². The molecule has 2 aromatic rings. The van der Waals surface area contributed by atoms with Gasteiger partial charge >= 0.3 is 17.6 Å². The molecule has 23 heavy (non-hydrogen) atoms. The van der Waals surface area contributed by atoms with Gasteiger partial charge in [0.1, 0.15) is 17.4 Å². The lowest BCUT2D eigenvalue weighted by Crippen LogP contribution is -2.20. The molecule has 0 radical (unpaired) electrons. The molecule has 1 heterocycles. The number of esters is 2. The Labute approximate surface area is 133 Å². The van der Waals surface area contributed by atoms with Crippen LogP contribution in [0.25, 0.3) is 11.0 Å². The van der Waals surface area contributed by atoms with Gasteiger partial charge in [0.15, 0.2) is 0 Å². The van der Waals surface area contributed by atoms with E-state index in [4.69, 9.17) is 13.9 Å². The average molecular weight is 318 g/mol. The van der Waals surface area contributed by atoms with Crippen molar-refractivity contribution in [2.75, 3.05) is 0 Å². The van der Waals surface area contributed by atoms with Crippen molar-refractivity contribution in [3.05, 3.63) is 39.7 Å². The fourth-order valence-corrected chi connectivity index (χ4v) is 2.45. The van der Waals surface area contributed by atoms with Crippen LogP contribution in [0.4, 0.5) is 0 Å². The molecule has 0 fully saturated rings. The number of fused-ring (bicyclic) bond motifs is 1. The number of benzene rings is 1. The van der Waals surface area contributed by atoms with Crippen LogP contribution in [-0.4, -0.2) is 18.0 Å². The molecule has 2 rings (SSSR count). The Kier molecular flexibility index (Phi) is 4.83. The van der Waals surface area contributed by atoms with Gasteiger partial charge in [-0.3, -0.25) is 9.59 Å². The molecule has 6 heteroatoms. The van der Waals surface area contributed by atoms with Gasteiger partial charge in [0.2, 0.25) is 0 Å². The summed E-state index contributed by atoms with van der Waals surface area (Å²) in [5.41, 5.74) is 1.07. The lowest BCUT2D eigenvalue weighted by atomic mass is 10.0. The second-order valence-electron chi connectivity index (χ2n) is 5.37. The van der Waals surface area contributed by atoms with Crippen LogP contribution < -0.4 is 10.4 Å². The summed E-state index contributed by atoms with van der Waals surface area (Å²) in [5, 5.41) is 0.741. The second-order valence-corrected chi connectivity index (χ2v) is 5.37. The van der Waals surface area contributed by atoms with Gasteiger partial charge in [0.05, 0.1) is 0 Å². The molecule has 1 atom stereocenters. The molecule has 6 nitrogen and oxygen atoms in total. The van der Waals surface area contributed by atoms with Crippen LogP contribution in [0.3, 0.4) is 0 Å². The minimum absolute atomic E-state index is 0.273. The molecular formula is C17H18O6. The highest BCUT2D eigenvalue weighted by Crippen LogP contribution is 2.25. The second kappa shape index (κ2) is 6.64. The van der Waals surface area contributed by atoms with Crippen molar-refractivity contribution < 1.29 is 23.5 Å². The van der Waals surface area contributed by atoms with Gasteiger partial charge in [-0.2, -0.15) is 0 Å². The quantitative estimate of drug-likeness (QED) is 0.489. The Morgan fingerprint density at radius 2 is 1.91 bits per heavy atom. The number of hydrogen-bond acceptors (Lipinski definition) is 6. The molecule has 0 saturated carbocycles. The van der Waals surface area contributed by atoms with Crippen molar-refractivity contribution in [3.8, 4) is 5.75 Å². The molecule has 0 saturated heterocycles. The Hall–Kier alpha value is -2.63. The van der Waals surface area contributed by atoms with Gasteiger partial charge in [-0.1, -0.05) is 0 Å². The van der Waals surface area contributed by atoms with E-state index in [2.05, 4.69) is 0 Å². The van der Waals surface area contributed by atoms with Crippen molar-refractivity contribution in [2.24, 2.45) is 0 Å². The molecular weight excluding hydrogens is 300 g/mol. The monoisotopic (exact) mass is 318 g/mol. The van der Waals surface area contributed by atoms with Crippen LogP contribution in [0.5, 0.6) is 5.75 Å². The van der Waals surface area contributed by atoms with E-state index in [0.717, 1.165) is 10.9 Å². The summed E-state index contributed by atoms with van der Waals surface area (Å²) >= 11 is 0. The van der Waals surface area contributed by atoms with Crippen LogP contribution in [0.1, 0.15) is 31.9 Å². The molecule has 0 bridgehead atoms. The molecule has 1 aromatic carbocycles. The van der Waals surface area contributed by atoms with E-state index >= 15 is 0 Å². The van der Waals surface area contributed by atoms with E-state index < -0.39 is 23.7 Å². The molecule has 0 unspecified atom stereocenters. The van der Waals surface area contributed by atoms with E-state index in [1.165, 1.54) is 19.9 Å². The van der Waals surface area contributed by atoms with Gasteiger partial charge in [0, 0.05) is 37.3 Å². The zero-order valence-electron chi connectivity index (χ0n) is 13.5. The van der Waals surface area contributed by atoms with Gasteiger partial charge in [-0.15, -0.1) is 0 Å². The summed E-state index contributed by atoms with van der Waals surface area (Å²) < 4.78 is 15.4. The highest BCUT2D eigenvalue weighted by molar-refractivity contribution is 5.83. The first-order valence-corrected chi connectivity index (χ1v) is 7.20. The van der Waals surface area contributed by atoms with Crippen molar-refractivity contribution in [1.29, 1.82) is 0 Å². The van der Waals surface area contributed by atoms with Crippen LogP contribution in [0, 0.1) is 6.92 Å². The summed E-state index contributed by atoms with van der Waals surface area (Å²) in [6.45, 7) is 6.14. The Morgan fingerprint density at radius 1 is 1.22 bits per heavy atom. The Bertz CT molecular complexity index is 818. The Morgan fingerprint density at radius 3 is 2.52 bits per heavy atom. The predicted octanol–water partition coefficient (Wildman–Crippen LogP) is 2.52. The summed E-state index contributed by atoms with van der Waals surface area (Å²) in [7, 11) is 0. The molecule has 0 aliphatic rings. The van der Waals surface area contributed by atoms with Gasteiger partial charge < -0.3 is 13.9 Å². The third kappa shape index (κ3) is 3.97. The number of carbonyl (C=O) groups excluding carboxylic acids is 2. The largest absolute Gasteiger partial charge is 0.463 e. The lowest BCUT2D eigenvalue weighted by Gasteiger charge is -2.13. The zero-order chi connectivity index (χ0) is 17.1. The highest BCUT2D eigenvalue weighted by Gasteiger charge is 2.16. The first-order chi connectivity index (χ1) is 10.8. The molecule has 0 N–H and O–H groups in total. The number of hydrogen-bond donors (Lipinski definition) is 0. The van der Waals surface area contributed by atoms with Crippen LogP contribution >= 0.6 is 0 Å². The van der Waals surface area contributed by atoms with E-state index in [1.807, 2.05) is 0 Å². The third-order valence-corrected chi connectivity index (χ3v) is 3.38. The molecule has 0 spiro atoms. The molecule has 0 aliphatic carbocycles. The smallest absolute Gasteiger partial charge is 0.339 e. The maximum Gasteiger partial charge on any atom is 0.339 e.